The highest BCUT2D eigenvalue weighted by Crippen LogP contribution is 2.19. The van der Waals surface area contributed by atoms with Crippen LogP contribution in [0.3, 0.4) is 0 Å². The standard InChI is InChI=1S/C16H23ClN2O2/c1-2-14-7-3-4-10-19(14)16(20)18-9-11-21-15-8-5-6-13(17)12-15/h5-6,8,12,14H,2-4,7,9-11H2,1H3,(H,18,20). The average molecular weight is 311 g/mol. The van der Waals surface area contributed by atoms with Crippen LogP contribution in [0, 0.1) is 0 Å². The highest BCUT2D eigenvalue weighted by atomic mass is 35.5. The first-order valence-corrected chi connectivity index (χ1v) is 8.01. The average Bonchev–Trinajstić information content (AvgIpc) is 2.51. The predicted octanol–water partition coefficient (Wildman–Crippen LogP) is 3.69. The minimum Gasteiger partial charge on any atom is -0.492 e. The molecule has 0 saturated carbocycles. The Balaban J connectivity index is 1.71. The summed E-state index contributed by atoms with van der Waals surface area (Å²) < 4.78 is 5.56. The number of piperidine rings is 1. The van der Waals surface area contributed by atoms with Crippen molar-refractivity contribution in [3.63, 3.8) is 0 Å². The molecule has 1 aromatic carbocycles. The van der Waals surface area contributed by atoms with Gasteiger partial charge in [-0.2, -0.15) is 0 Å². The summed E-state index contributed by atoms with van der Waals surface area (Å²) in [7, 11) is 0. The van der Waals surface area contributed by atoms with Crippen LogP contribution in [-0.2, 0) is 0 Å². The zero-order valence-corrected chi connectivity index (χ0v) is 13.2. The van der Waals surface area contributed by atoms with Crippen LogP contribution in [0.15, 0.2) is 24.3 Å². The third-order valence-corrected chi connectivity index (χ3v) is 4.04. The van der Waals surface area contributed by atoms with Gasteiger partial charge in [0.25, 0.3) is 0 Å². The molecule has 21 heavy (non-hydrogen) atoms. The minimum absolute atomic E-state index is 0.0243. The van der Waals surface area contributed by atoms with Crippen LogP contribution in [0.5, 0.6) is 5.75 Å². The van der Waals surface area contributed by atoms with E-state index in [-0.39, 0.29) is 6.03 Å². The molecule has 0 spiro atoms. The molecule has 1 atom stereocenters. The Morgan fingerprint density at radius 1 is 1.48 bits per heavy atom. The summed E-state index contributed by atoms with van der Waals surface area (Å²) in [5.41, 5.74) is 0. The van der Waals surface area contributed by atoms with E-state index in [1.54, 1.807) is 12.1 Å². The Hall–Kier alpha value is -1.42. The largest absolute Gasteiger partial charge is 0.492 e. The molecule has 1 N–H and O–H groups in total. The Bertz CT molecular complexity index is 467. The Morgan fingerprint density at radius 2 is 2.33 bits per heavy atom. The fourth-order valence-electron chi connectivity index (χ4n) is 2.68. The minimum atomic E-state index is 0.0243. The molecule has 1 unspecified atom stereocenters. The summed E-state index contributed by atoms with van der Waals surface area (Å²) in [6.45, 7) is 3.94. The lowest BCUT2D eigenvalue weighted by atomic mass is 10.0. The molecule has 1 fully saturated rings. The number of hydrogen-bond donors (Lipinski definition) is 1. The molecule has 0 bridgehead atoms. The SMILES string of the molecule is CCC1CCCCN1C(=O)NCCOc1cccc(Cl)c1. The van der Waals surface area contributed by atoms with Crippen molar-refractivity contribution >= 4 is 17.6 Å². The third-order valence-electron chi connectivity index (χ3n) is 3.80. The highest BCUT2D eigenvalue weighted by Gasteiger charge is 2.24. The maximum absolute atomic E-state index is 12.2. The summed E-state index contributed by atoms with van der Waals surface area (Å²) in [6, 6.07) is 7.67. The molecular weight excluding hydrogens is 288 g/mol. The normalized spacial score (nSPS) is 18.4. The molecule has 1 aliphatic heterocycles. The maximum atomic E-state index is 12.2. The number of carbonyl (C=O) groups excluding carboxylic acids is 1. The lowest BCUT2D eigenvalue weighted by molar-refractivity contribution is 0.147. The third kappa shape index (κ3) is 4.81. The van der Waals surface area contributed by atoms with E-state index >= 15 is 0 Å². The van der Waals surface area contributed by atoms with E-state index in [4.69, 9.17) is 16.3 Å². The van der Waals surface area contributed by atoms with Crippen LogP contribution >= 0.6 is 11.6 Å². The Kier molecular flexibility index (Phi) is 6.18. The number of urea groups is 1. The van der Waals surface area contributed by atoms with Gasteiger partial charge in [-0.3, -0.25) is 0 Å². The maximum Gasteiger partial charge on any atom is 0.317 e. The molecule has 0 aromatic heterocycles. The van der Waals surface area contributed by atoms with Gasteiger partial charge in [-0.15, -0.1) is 0 Å². The number of amides is 2. The van der Waals surface area contributed by atoms with Gasteiger partial charge >= 0.3 is 6.03 Å². The van der Waals surface area contributed by atoms with Crippen LogP contribution in [0.25, 0.3) is 0 Å². The van der Waals surface area contributed by atoms with Gasteiger partial charge in [0.1, 0.15) is 12.4 Å². The monoisotopic (exact) mass is 310 g/mol. The predicted molar refractivity (Wildman–Crippen MR) is 85.0 cm³/mol. The second kappa shape index (κ2) is 8.13. The first-order chi connectivity index (χ1) is 10.2. The summed E-state index contributed by atoms with van der Waals surface area (Å²) in [6.07, 6.45) is 4.46. The number of nitrogens with zero attached hydrogens (tertiary/aromatic N) is 1. The van der Waals surface area contributed by atoms with E-state index in [2.05, 4.69) is 12.2 Å². The lowest BCUT2D eigenvalue weighted by Gasteiger charge is -2.35. The van der Waals surface area contributed by atoms with Gasteiger partial charge in [-0.1, -0.05) is 24.6 Å². The van der Waals surface area contributed by atoms with Crippen molar-refractivity contribution in [2.45, 2.75) is 38.6 Å². The number of benzene rings is 1. The van der Waals surface area contributed by atoms with Crippen molar-refractivity contribution in [3.05, 3.63) is 29.3 Å². The molecular formula is C16H23ClN2O2. The van der Waals surface area contributed by atoms with E-state index in [0.717, 1.165) is 31.6 Å². The topological polar surface area (TPSA) is 41.6 Å². The summed E-state index contributed by atoms with van der Waals surface area (Å²) in [4.78, 5) is 14.1. The Morgan fingerprint density at radius 3 is 3.10 bits per heavy atom. The van der Waals surface area contributed by atoms with Crippen molar-refractivity contribution in [1.29, 1.82) is 0 Å². The van der Waals surface area contributed by atoms with Gasteiger partial charge < -0.3 is 15.0 Å². The second-order valence-electron chi connectivity index (χ2n) is 5.29. The fraction of sp³-hybridized carbons (Fsp3) is 0.562. The Labute approximate surface area is 131 Å². The van der Waals surface area contributed by atoms with Crippen LogP contribution < -0.4 is 10.1 Å². The highest BCUT2D eigenvalue weighted by molar-refractivity contribution is 6.30. The van der Waals surface area contributed by atoms with Crippen molar-refractivity contribution in [2.24, 2.45) is 0 Å². The number of rotatable bonds is 5. The van der Waals surface area contributed by atoms with E-state index in [1.165, 1.54) is 6.42 Å². The number of hydrogen-bond acceptors (Lipinski definition) is 2. The molecule has 1 heterocycles. The molecule has 4 nitrogen and oxygen atoms in total. The van der Waals surface area contributed by atoms with Gasteiger partial charge in [0.15, 0.2) is 0 Å². The van der Waals surface area contributed by atoms with E-state index in [1.807, 2.05) is 17.0 Å². The first kappa shape index (κ1) is 16.0. The van der Waals surface area contributed by atoms with Gasteiger partial charge in [0.2, 0.25) is 0 Å². The number of nitrogens with one attached hydrogen (secondary N) is 1. The van der Waals surface area contributed by atoms with Gasteiger partial charge in [0, 0.05) is 17.6 Å². The quantitative estimate of drug-likeness (QED) is 0.843. The van der Waals surface area contributed by atoms with Crippen LogP contribution in [0.1, 0.15) is 32.6 Å². The van der Waals surface area contributed by atoms with E-state index < -0.39 is 0 Å². The molecule has 5 heteroatoms. The first-order valence-electron chi connectivity index (χ1n) is 7.63. The van der Waals surface area contributed by atoms with Crippen molar-refractivity contribution in [3.8, 4) is 5.75 Å². The molecule has 1 saturated heterocycles. The molecule has 2 rings (SSSR count). The van der Waals surface area contributed by atoms with Crippen LogP contribution in [-0.4, -0.2) is 36.7 Å². The molecule has 2 amide bonds. The fourth-order valence-corrected chi connectivity index (χ4v) is 2.86. The summed E-state index contributed by atoms with van der Waals surface area (Å²) in [5.74, 6) is 0.723. The van der Waals surface area contributed by atoms with Gasteiger partial charge in [-0.25, -0.2) is 4.79 Å². The zero-order chi connectivity index (χ0) is 15.1. The van der Waals surface area contributed by atoms with Crippen LogP contribution in [0.4, 0.5) is 4.79 Å². The molecule has 116 valence electrons. The summed E-state index contributed by atoms with van der Waals surface area (Å²) >= 11 is 5.89. The molecule has 1 aliphatic rings. The van der Waals surface area contributed by atoms with Crippen molar-refractivity contribution in [2.75, 3.05) is 19.7 Å². The molecule has 0 aliphatic carbocycles. The smallest absolute Gasteiger partial charge is 0.317 e. The number of likely N-dealkylation sites (tertiary alicyclic amines) is 1. The second-order valence-corrected chi connectivity index (χ2v) is 5.73. The number of carbonyl (C=O) groups is 1. The molecule has 1 aromatic rings. The number of halogens is 1. The van der Waals surface area contributed by atoms with E-state index in [9.17, 15) is 4.79 Å². The lowest BCUT2D eigenvalue weighted by Crippen LogP contribution is -2.49. The van der Waals surface area contributed by atoms with Crippen LogP contribution in [0.2, 0.25) is 5.02 Å². The summed E-state index contributed by atoms with van der Waals surface area (Å²) in [5, 5.41) is 3.58. The zero-order valence-electron chi connectivity index (χ0n) is 12.5. The van der Waals surface area contributed by atoms with Gasteiger partial charge in [0.05, 0.1) is 6.54 Å². The van der Waals surface area contributed by atoms with Crippen molar-refractivity contribution in [1.82, 2.24) is 10.2 Å². The number of ether oxygens (including phenoxy) is 1. The van der Waals surface area contributed by atoms with Gasteiger partial charge in [-0.05, 0) is 43.9 Å². The van der Waals surface area contributed by atoms with Crippen molar-refractivity contribution < 1.29 is 9.53 Å². The molecule has 0 radical (unpaired) electrons. The van der Waals surface area contributed by atoms with E-state index in [0.29, 0.717) is 24.2 Å².